The molecular formula is C14H21N3O. The van der Waals surface area contributed by atoms with E-state index in [4.69, 9.17) is 0 Å². The summed E-state index contributed by atoms with van der Waals surface area (Å²) in [5, 5.41) is 9.29. The molecule has 3 N–H and O–H groups in total. The third-order valence-corrected chi connectivity index (χ3v) is 3.52. The van der Waals surface area contributed by atoms with E-state index in [1.54, 1.807) is 0 Å². The van der Waals surface area contributed by atoms with Crippen molar-refractivity contribution in [2.24, 2.45) is 0 Å². The van der Waals surface area contributed by atoms with Crippen molar-refractivity contribution in [3.63, 3.8) is 0 Å². The Morgan fingerprint density at radius 3 is 2.61 bits per heavy atom. The molecule has 98 valence electrons. The molecule has 0 atom stereocenters. The fourth-order valence-electron chi connectivity index (χ4n) is 2.24. The van der Waals surface area contributed by atoms with Crippen molar-refractivity contribution in [1.82, 2.24) is 10.6 Å². The molecule has 2 amide bonds. The minimum Gasteiger partial charge on any atom is -0.333 e. The smallest absolute Gasteiger partial charge is 0.319 e. The van der Waals surface area contributed by atoms with Crippen molar-refractivity contribution < 1.29 is 4.79 Å². The number of hydrogen-bond acceptors (Lipinski definition) is 2. The molecule has 1 saturated heterocycles. The Morgan fingerprint density at radius 1 is 1.28 bits per heavy atom. The van der Waals surface area contributed by atoms with Crippen molar-refractivity contribution in [2.45, 2.75) is 32.2 Å². The summed E-state index contributed by atoms with van der Waals surface area (Å²) in [7, 11) is 0. The van der Waals surface area contributed by atoms with E-state index in [-0.39, 0.29) is 11.6 Å². The minimum absolute atomic E-state index is 0.0992. The van der Waals surface area contributed by atoms with Crippen molar-refractivity contribution >= 4 is 11.7 Å². The van der Waals surface area contributed by atoms with E-state index in [9.17, 15) is 4.79 Å². The topological polar surface area (TPSA) is 53.2 Å². The Labute approximate surface area is 108 Å². The molecule has 0 unspecified atom stereocenters. The highest BCUT2D eigenvalue weighted by Gasteiger charge is 2.28. The summed E-state index contributed by atoms with van der Waals surface area (Å²) in [6.07, 6.45) is 1.93. The molecule has 0 bridgehead atoms. The fraction of sp³-hybridized carbons (Fsp3) is 0.500. The summed E-state index contributed by atoms with van der Waals surface area (Å²) in [6, 6.07) is 7.68. The molecule has 4 nitrogen and oxygen atoms in total. The van der Waals surface area contributed by atoms with Crippen LogP contribution in [-0.4, -0.2) is 24.7 Å². The van der Waals surface area contributed by atoms with Gasteiger partial charge in [-0.05, 0) is 51.4 Å². The van der Waals surface area contributed by atoms with Crippen LogP contribution in [0.3, 0.4) is 0 Å². The third-order valence-electron chi connectivity index (χ3n) is 3.52. The van der Waals surface area contributed by atoms with Crippen LogP contribution in [0, 0.1) is 6.92 Å². The molecule has 1 aliphatic rings. The van der Waals surface area contributed by atoms with Gasteiger partial charge in [0.1, 0.15) is 0 Å². The van der Waals surface area contributed by atoms with E-state index in [1.165, 1.54) is 0 Å². The number of para-hydroxylation sites is 1. The van der Waals surface area contributed by atoms with E-state index in [0.29, 0.717) is 0 Å². The molecule has 1 aliphatic heterocycles. The Morgan fingerprint density at radius 2 is 1.94 bits per heavy atom. The summed E-state index contributed by atoms with van der Waals surface area (Å²) in [5.74, 6) is 0. The number of piperidine rings is 1. The van der Waals surface area contributed by atoms with E-state index in [1.807, 2.05) is 31.2 Å². The maximum Gasteiger partial charge on any atom is 0.319 e. The number of nitrogens with one attached hydrogen (secondary N) is 3. The zero-order valence-electron chi connectivity index (χ0n) is 11.0. The highest BCUT2D eigenvalue weighted by atomic mass is 16.2. The van der Waals surface area contributed by atoms with Gasteiger partial charge in [0.25, 0.3) is 0 Å². The first-order valence-corrected chi connectivity index (χ1v) is 6.45. The van der Waals surface area contributed by atoms with Crippen molar-refractivity contribution in [2.75, 3.05) is 18.4 Å². The highest BCUT2D eigenvalue weighted by molar-refractivity contribution is 5.90. The van der Waals surface area contributed by atoms with Crippen LogP contribution in [0.25, 0.3) is 0 Å². The first-order valence-electron chi connectivity index (χ1n) is 6.45. The number of rotatable bonds is 2. The molecule has 1 aromatic carbocycles. The monoisotopic (exact) mass is 247 g/mol. The van der Waals surface area contributed by atoms with Gasteiger partial charge in [0.15, 0.2) is 0 Å². The number of anilines is 1. The molecule has 0 saturated carbocycles. The lowest BCUT2D eigenvalue weighted by Crippen LogP contribution is -2.53. The molecule has 0 aliphatic carbocycles. The van der Waals surface area contributed by atoms with Crippen LogP contribution in [0.5, 0.6) is 0 Å². The van der Waals surface area contributed by atoms with Crippen LogP contribution in [0.2, 0.25) is 0 Å². The molecule has 0 spiro atoms. The summed E-state index contributed by atoms with van der Waals surface area (Å²) in [4.78, 5) is 12.0. The Bertz CT molecular complexity index is 425. The van der Waals surface area contributed by atoms with Crippen LogP contribution in [0.15, 0.2) is 24.3 Å². The van der Waals surface area contributed by atoms with Gasteiger partial charge in [-0.25, -0.2) is 4.79 Å². The van der Waals surface area contributed by atoms with Gasteiger partial charge in [0.2, 0.25) is 0 Å². The van der Waals surface area contributed by atoms with Crippen LogP contribution in [0.4, 0.5) is 10.5 Å². The first-order chi connectivity index (χ1) is 8.59. The summed E-state index contributed by atoms with van der Waals surface area (Å²) in [5.41, 5.74) is 1.84. The number of carbonyl (C=O) groups excluding carboxylic acids is 1. The second-order valence-electron chi connectivity index (χ2n) is 5.20. The van der Waals surface area contributed by atoms with E-state index in [2.05, 4.69) is 22.9 Å². The van der Waals surface area contributed by atoms with Crippen molar-refractivity contribution in [3.8, 4) is 0 Å². The predicted octanol–water partition coefficient (Wildman–Crippen LogP) is 2.26. The summed E-state index contributed by atoms with van der Waals surface area (Å²) in [6.45, 7) is 6.01. The Balaban J connectivity index is 1.94. The molecule has 4 heteroatoms. The van der Waals surface area contributed by atoms with Gasteiger partial charge in [0, 0.05) is 11.2 Å². The first kappa shape index (κ1) is 12.9. The SMILES string of the molecule is Cc1ccccc1NC(=O)NC1(C)CCNCC1. The number of benzene rings is 1. The molecule has 0 aromatic heterocycles. The van der Waals surface area contributed by atoms with E-state index in [0.717, 1.165) is 37.2 Å². The average molecular weight is 247 g/mol. The van der Waals surface area contributed by atoms with Crippen LogP contribution in [-0.2, 0) is 0 Å². The lowest BCUT2D eigenvalue weighted by atomic mass is 9.91. The minimum atomic E-state index is -0.117. The predicted molar refractivity (Wildman–Crippen MR) is 73.8 cm³/mol. The lowest BCUT2D eigenvalue weighted by Gasteiger charge is -2.34. The van der Waals surface area contributed by atoms with E-state index >= 15 is 0 Å². The fourth-order valence-corrected chi connectivity index (χ4v) is 2.24. The molecular weight excluding hydrogens is 226 g/mol. The van der Waals surface area contributed by atoms with Crippen LogP contribution >= 0.6 is 0 Å². The van der Waals surface area contributed by atoms with Crippen molar-refractivity contribution in [3.05, 3.63) is 29.8 Å². The van der Waals surface area contributed by atoms with E-state index < -0.39 is 0 Å². The largest absolute Gasteiger partial charge is 0.333 e. The van der Waals surface area contributed by atoms with Gasteiger partial charge in [0.05, 0.1) is 0 Å². The highest BCUT2D eigenvalue weighted by Crippen LogP contribution is 2.18. The number of amides is 2. The molecule has 1 heterocycles. The van der Waals surface area contributed by atoms with Crippen molar-refractivity contribution in [1.29, 1.82) is 0 Å². The van der Waals surface area contributed by atoms with Crippen LogP contribution in [0.1, 0.15) is 25.3 Å². The maximum atomic E-state index is 12.0. The lowest BCUT2D eigenvalue weighted by molar-refractivity contribution is 0.225. The Hall–Kier alpha value is -1.55. The van der Waals surface area contributed by atoms with Gasteiger partial charge >= 0.3 is 6.03 Å². The second kappa shape index (κ2) is 5.40. The van der Waals surface area contributed by atoms with Gasteiger partial charge in [-0.3, -0.25) is 0 Å². The summed E-state index contributed by atoms with van der Waals surface area (Å²) < 4.78 is 0. The number of carbonyl (C=O) groups is 1. The van der Waals surface area contributed by atoms with Gasteiger partial charge in [-0.15, -0.1) is 0 Å². The van der Waals surface area contributed by atoms with Gasteiger partial charge < -0.3 is 16.0 Å². The third kappa shape index (κ3) is 3.23. The number of hydrogen-bond donors (Lipinski definition) is 3. The molecule has 2 rings (SSSR count). The molecule has 18 heavy (non-hydrogen) atoms. The molecule has 0 radical (unpaired) electrons. The normalized spacial score (nSPS) is 18.1. The zero-order valence-corrected chi connectivity index (χ0v) is 11.0. The van der Waals surface area contributed by atoms with Gasteiger partial charge in [-0.1, -0.05) is 18.2 Å². The van der Waals surface area contributed by atoms with Crippen LogP contribution < -0.4 is 16.0 Å². The molecule has 1 fully saturated rings. The number of aryl methyl sites for hydroxylation is 1. The summed E-state index contributed by atoms with van der Waals surface area (Å²) >= 11 is 0. The van der Waals surface area contributed by atoms with Gasteiger partial charge in [-0.2, -0.15) is 0 Å². The number of urea groups is 1. The molecule has 1 aromatic rings. The second-order valence-corrected chi connectivity index (χ2v) is 5.20. The standard InChI is InChI=1S/C14H21N3O/c1-11-5-3-4-6-12(11)16-13(18)17-14(2)7-9-15-10-8-14/h3-6,15H,7-10H2,1-2H3,(H2,16,17,18). The quantitative estimate of drug-likeness (QED) is 0.751. The Kier molecular flexibility index (Phi) is 3.87. The average Bonchev–Trinajstić information content (AvgIpc) is 2.32. The zero-order chi connectivity index (χ0) is 13.0. The maximum absolute atomic E-state index is 12.0.